The number of nitrogens with one attached hydrogen (secondary N) is 2. The SMILES string of the molecule is Cc1cc(C)nc(NC(=O)Nc2ccc(Cl)cc2)c1. The molecule has 2 N–H and O–H groups in total. The van der Waals surface area contributed by atoms with E-state index in [2.05, 4.69) is 15.6 Å². The van der Waals surface area contributed by atoms with Crippen molar-refractivity contribution in [3.05, 3.63) is 52.7 Å². The third-order valence-corrected chi connectivity index (χ3v) is 2.69. The smallest absolute Gasteiger partial charge is 0.308 e. The molecule has 0 fully saturated rings. The highest BCUT2D eigenvalue weighted by Gasteiger charge is 2.04. The molecule has 0 unspecified atom stereocenters. The zero-order valence-corrected chi connectivity index (χ0v) is 11.5. The highest BCUT2D eigenvalue weighted by atomic mass is 35.5. The van der Waals surface area contributed by atoms with Crippen LogP contribution in [-0.4, -0.2) is 11.0 Å². The first-order chi connectivity index (χ1) is 9.02. The van der Waals surface area contributed by atoms with Crippen molar-refractivity contribution in [2.45, 2.75) is 13.8 Å². The highest BCUT2D eigenvalue weighted by Crippen LogP contribution is 2.14. The number of halogens is 1. The number of anilines is 2. The third-order valence-electron chi connectivity index (χ3n) is 2.44. The van der Waals surface area contributed by atoms with Gasteiger partial charge in [0.2, 0.25) is 0 Å². The van der Waals surface area contributed by atoms with Crippen LogP contribution in [0.15, 0.2) is 36.4 Å². The van der Waals surface area contributed by atoms with Crippen molar-refractivity contribution in [3.8, 4) is 0 Å². The summed E-state index contributed by atoms with van der Waals surface area (Å²) in [6, 6.07) is 10.3. The average Bonchev–Trinajstić information content (AvgIpc) is 2.30. The van der Waals surface area contributed by atoms with E-state index in [4.69, 9.17) is 11.6 Å². The van der Waals surface area contributed by atoms with Gasteiger partial charge in [-0.1, -0.05) is 11.6 Å². The van der Waals surface area contributed by atoms with Gasteiger partial charge < -0.3 is 5.32 Å². The molecule has 19 heavy (non-hydrogen) atoms. The number of nitrogens with zero attached hydrogens (tertiary/aromatic N) is 1. The van der Waals surface area contributed by atoms with Crippen molar-refractivity contribution in [1.82, 2.24) is 4.98 Å². The van der Waals surface area contributed by atoms with Crippen LogP contribution in [0.5, 0.6) is 0 Å². The maximum absolute atomic E-state index is 11.8. The van der Waals surface area contributed by atoms with Gasteiger partial charge >= 0.3 is 6.03 Å². The molecule has 0 saturated heterocycles. The summed E-state index contributed by atoms with van der Waals surface area (Å²) in [5.41, 5.74) is 2.59. The van der Waals surface area contributed by atoms with Gasteiger partial charge in [-0.3, -0.25) is 5.32 Å². The molecular weight excluding hydrogens is 262 g/mol. The lowest BCUT2D eigenvalue weighted by atomic mass is 10.2. The molecule has 0 radical (unpaired) electrons. The Bertz CT molecular complexity index is 576. The van der Waals surface area contributed by atoms with Gasteiger partial charge in [-0.2, -0.15) is 0 Å². The molecule has 2 rings (SSSR count). The van der Waals surface area contributed by atoms with Crippen LogP contribution in [0.4, 0.5) is 16.3 Å². The van der Waals surface area contributed by atoms with Crippen LogP contribution in [0.25, 0.3) is 0 Å². The summed E-state index contributed by atoms with van der Waals surface area (Å²) in [5.74, 6) is 0.531. The second-order valence-corrected chi connectivity index (χ2v) is 4.69. The topological polar surface area (TPSA) is 54.0 Å². The number of amides is 2. The number of carbonyl (C=O) groups is 1. The highest BCUT2D eigenvalue weighted by molar-refractivity contribution is 6.30. The first-order valence-electron chi connectivity index (χ1n) is 5.82. The molecule has 0 aliphatic carbocycles. The van der Waals surface area contributed by atoms with Crippen LogP contribution in [0, 0.1) is 13.8 Å². The van der Waals surface area contributed by atoms with E-state index in [-0.39, 0.29) is 6.03 Å². The Morgan fingerprint density at radius 1 is 1.11 bits per heavy atom. The van der Waals surface area contributed by atoms with Gasteiger partial charge in [-0.25, -0.2) is 9.78 Å². The van der Waals surface area contributed by atoms with E-state index in [1.807, 2.05) is 26.0 Å². The molecule has 0 aliphatic rings. The molecule has 0 aliphatic heterocycles. The monoisotopic (exact) mass is 275 g/mol. The van der Waals surface area contributed by atoms with E-state index in [1.165, 1.54) is 0 Å². The van der Waals surface area contributed by atoms with E-state index in [1.54, 1.807) is 24.3 Å². The Labute approximate surface area is 116 Å². The second kappa shape index (κ2) is 5.71. The molecule has 2 aromatic rings. The summed E-state index contributed by atoms with van der Waals surface area (Å²) < 4.78 is 0. The lowest BCUT2D eigenvalue weighted by molar-refractivity contribution is 0.262. The first-order valence-corrected chi connectivity index (χ1v) is 6.19. The molecule has 1 heterocycles. The molecule has 0 atom stereocenters. The fourth-order valence-electron chi connectivity index (χ4n) is 1.72. The quantitative estimate of drug-likeness (QED) is 0.870. The maximum atomic E-state index is 11.8. The van der Waals surface area contributed by atoms with Crippen LogP contribution >= 0.6 is 11.6 Å². The number of rotatable bonds is 2. The van der Waals surface area contributed by atoms with Crippen molar-refractivity contribution in [2.75, 3.05) is 10.6 Å². The molecule has 4 nitrogen and oxygen atoms in total. The maximum Gasteiger partial charge on any atom is 0.324 e. The van der Waals surface area contributed by atoms with Gasteiger partial charge in [-0.05, 0) is 55.8 Å². The molecule has 1 aromatic carbocycles. The largest absolute Gasteiger partial charge is 0.324 e. The number of hydrogen-bond donors (Lipinski definition) is 2. The number of hydrogen-bond acceptors (Lipinski definition) is 2. The van der Waals surface area contributed by atoms with Crippen LogP contribution < -0.4 is 10.6 Å². The normalized spacial score (nSPS) is 10.1. The summed E-state index contributed by atoms with van der Waals surface area (Å²) in [4.78, 5) is 16.0. The Hall–Kier alpha value is -2.07. The summed E-state index contributed by atoms with van der Waals surface area (Å²) in [7, 11) is 0. The second-order valence-electron chi connectivity index (χ2n) is 4.26. The molecule has 0 bridgehead atoms. The minimum Gasteiger partial charge on any atom is -0.308 e. The zero-order chi connectivity index (χ0) is 13.8. The van der Waals surface area contributed by atoms with Crippen molar-refractivity contribution in [1.29, 1.82) is 0 Å². The van der Waals surface area contributed by atoms with Crippen molar-refractivity contribution in [3.63, 3.8) is 0 Å². The van der Waals surface area contributed by atoms with Gasteiger partial charge in [-0.15, -0.1) is 0 Å². The van der Waals surface area contributed by atoms with Gasteiger partial charge in [0.1, 0.15) is 5.82 Å². The number of urea groups is 1. The number of carbonyl (C=O) groups excluding carboxylic acids is 1. The number of aromatic nitrogens is 1. The third kappa shape index (κ3) is 3.96. The molecule has 0 spiro atoms. The zero-order valence-electron chi connectivity index (χ0n) is 10.7. The fourth-order valence-corrected chi connectivity index (χ4v) is 1.84. The Morgan fingerprint density at radius 3 is 2.42 bits per heavy atom. The van der Waals surface area contributed by atoms with Crippen LogP contribution in [0.3, 0.4) is 0 Å². The minimum atomic E-state index is -0.333. The van der Waals surface area contributed by atoms with Crippen molar-refractivity contribution in [2.24, 2.45) is 0 Å². The molecular formula is C14H14ClN3O. The van der Waals surface area contributed by atoms with Gasteiger partial charge in [0.15, 0.2) is 0 Å². The van der Waals surface area contributed by atoms with Gasteiger partial charge in [0.25, 0.3) is 0 Å². The predicted octanol–water partition coefficient (Wildman–Crippen LogP) is 4.00. The van der Waals surface area contributed by atoms with E-state index in [9.17, 15) is 4.79 Å². The van der Waals surface area contributed by atoms with Crippen LogP contribution in [0.1, 0.15) is 11.3 Å². The Morgan fingerprint density at radius 2 is 1.79 bits per heavy atom. The molecule has 1 aromatic heterocycles. The molecule has 98 valence electrons. The lowest BCUT2D eigenvalue weighted by Gasteiger charge is -2.08. The first kappa shape index (κ1) is 13.4. The Balaban J connectivity index is 2.03. The van der Waals surface area contributed by atoms with Gasteiger partial charge in [0, 0.05) is 16.4 Å². The molecule has 2 amide bonds. The van der Waals surface area contributed by atoms with Crippen molar-refractivity contribution >= 4 is 29.1 Å². The fraction of sp³-hybridized carbons (Fsp3) is 0.143. The van der Waals surface area contributed by atoms with E-state index < -0.39 is 0 Å². The minimum absolute atomic E-state index is 0.333. The van der Waals surface area contributed by atoms with Crippen LogP contribution in [-0.2, 0) is 0 Å². The van der Waals surface area contributed by atoms with E-state index >= 15 is 0 Å². The lowest BCUT2D eigenvalue weighted by Crippen LogP contribution is -2.20. The molecule has 0 saturated carbocycles. The summed E-state index contributed by atoms with van der Waals surface area (Å²) in [6.45, 7) is 3.84. The Kier molecular flexibility index (Phi) is 4.02. The van der Waals surface area contributed by atoms with Crippen molar-refractivity contribution < 1.29 is 4.79 Å². The average molecular weight is 276 g/mol. The van der Waals surface area contributed by atoms with E-state index in [0.29, 0.717) is 16.5 Å². The van der Waals surface area contributed by atoms with Gasteiger partial charge in [0.05, 0.1) is 0 Å². The summed E-state index contributed by atoms with van der Waals surface area (Å²) >= 11 is 5.77. The van der Waals surface area contributed by atoms with E-state index in [0.717, 1.165) is 11.3 Å². The summed E-state index contributed by atoms with van der Waals surface area (Å²) in [6.07, 6.45) is 0. The number of aryl methyl sites for hydroxylation is 2. The summed E-state index contributed by atoms with van der Waals surface area (Å²) in [5, 5.41) is 6.03. The van der Waals surface area contributed by atoms with Crippen LogP contribution in [0.2, 0.25) is 5.02 Å². The number of pyridine rings is 1. The standard InChI is InChI=1S/C14H14ClN3O/c1-9-7-10(2)16-13(8-9)18-14(19)17-12-5-3-11(15)4-6-12/h3-8H,1-2H3,(H2,16,17,18,19). The number of benzene rings is 1. The molecule has 5 heteroatoms. The predicted molar refractivity (Wildman–Crippen MR) is 77.8 cm³/mol.